The molecular weight excluding hydrogens is 334 g/mol. The van der Waals surface area contributed by atoms with E-state index in [1.807, 2.05) is 6.92 Å². The van der Waals surface area contributed by atoms with E-state index in [-0.39, 0.29) is 18.2 Å². The van der Waals surface area contributed by atoms with E-state index in [0.29, 0.717) is 17.9 Å². The Morgan fingerprint density at radius 2 is 2.11 bits per heavy atom. The van der Waals surface area contributed by atoms with Gasteiger partial charge in [-0.1, -0.05) is 0 Å². The van der Waals surface area contributed by atoms with Gasteiger partial charge < -0.3 is 10.1 Å². The number of nitrogens with one attached hydrogen (secondary N) is 1. The average Bonchev–Trinajstić information content (AvgIpc) is 2.30. The first-order valence-corrected chi connectivity index (χ1v) is 8.57. The van der Waals surface area contributed by atoms with Crippen LogP contribution in [0.1, 0.15) is 17.3 Å². The monoisotopic (exact) mass is 349 g/mol. The van der Waals surface area contributed by atoms with Gasteiger partial charge in [0.05, 0.1) is 16.8 Å². The van der Waals surface area contributed by atoms with Crippen LogP contribution in [-0.2, 0) is 9.84 Å². The molecule has 19 heavy (non-hydrogen) atoms. The summed E-state index contributed by atoms with van der Waals surface area (Å²) in [6.07, 6.45) is 1.13. The van der Waals surface area contributed by atoms with Crippen molar-refractivity contribution in [2.45, 2.75) is 6.92 Å². The fraction of sp³-hybridized carbons (Fsp3) is 0.417. The predicted molar refractivity (Wildman–Crippen MR) is 77.4 cm³/mol. The minimum absolute atomic E-state index is 0.0758. The molecule has 0 saturated carbocycles. The Morgan fingerprint density at radius 1 is 1.42 bits per heavy atom. The molecule has 1 rings (SSSR count). The highest BCUT2D eigenvalue weighted by Crippen LogP contribution is 2.25. The minimum atomic E-state index is -3.07. The van der Waals surface area contributed by atoms with Crippen LogP contribution in [0.5, 0.6) is 5.75 Å². The van der Waals surface area contributed by atoms with Crippen LogP contribution in [0.4, 0.5) is 0 Å². The van der Waals surface area contributed by atoms with Gasteiger partial charge in [0.15, 0.2) is 0 Å². The van der Waals surface area contributed by atoms with E-state index in [0.717, 1.165) is 10.7 Å². The van der Waals surface area contributed by atoms with Crippen LogP contribution in [0.25, 0.3) is 0 Å². The van der Waals surface area contributed by atoms with E-state index < -0.39 is 9.84 Å². The van der Waals surface area contributed by atoms with Crippen LogP contribution < -0.4 is 10.1 Å². The highest BCUT2D eigenvalue weighted by Gasteiger charge is 2.10. The summed E-state index contributed by atoms with van der Waals surface area (Å²) in [6.45, 7) is 2.45. The summed E-state index contributed by atoms with van der Waals surface area (Å²) in [4.78, 5) is 11.8. The van der Waals surface area contributed by atoms with E-state index in [4.69, 9.17) is 4.74 Å². The number of carbonyl (C=O) groups excluding carboxylic acids is 1. The van der Waals surface area contributed by atoms with Gasteiger partial charge in [-0.25, -0.2) is 8.42 Å². The zero-order valence-electron chi connectivity index (χ0n) is 10.8. The molecule has 0 bridgehead atoms. The van der Waals surface area contributed by atoms with Crippen molar-refractivity contribution in [3.63, 3.8) is 0 Å². The van der Waals surface area contributed by atoms with Gasteiger partial charge in [-0.3, -0.25) is 4.79 Å². The number of hydrogen-bond acceptors (Lipinski definition) is 4. The lowest BCUT2D eigenvalue weighted by atomic mass is 10.2. The van der Waals surface area contributed by atoms with Crippen LogP contribution in [0.2, 0.25) is 0 Å². The van der Waals surface area contributed by atoms with Gasteiger partial charge in [-0.05, 0) is 41.1 Å². The third kappa shape index (κ3) is 5.61. The molecule has 0 aromatic heterocycles. The molecule has 1 amide bonds. The lowest BCUT2D eigenvalue weighted by Crippen LogP contribution is -2.28. The summed E-state index contributed by atoms with van der Waals surface area (Å²) >= 11 is 3.32. The van der Waals surface area contributed by atoms with Crippen molar-refractivity contribution >= 4 is 31.7 Å². The zero-order chi connectivity index (χ0) is 14.5. The lowest BCUT2D eigenvalue weighted by Gasteiger charge is -2.09. The number of benzene rings is 1. The molecule has 5 nitrogen and oxygen atoms in total. The van der Waals surface area contributed by atoms with Gasteiger partial charge in [0.2, 0.25) is 0 Å². The van der Waals surface area contributed by atoms with E-state index >= 15 is 0 Å². The standard InChI is InChI=1S/C12H16BrNO4S/c1-3-18-11-8-9(4-5-10(11)13)12(15)14-6-7-19(2,16)17/h4-5,8H,3,6-7H2,1-2H3,(H,14,15). The smallest absolute Gasteiger partial charge is 0.251 e. The Labute approximate surface area is 121 Å². The predicted octanol–water partition coefficient (Wildman–Crippen LogP) is 1.62. The zero-order valence-corrected chi connectivity index (χ0v) is 13.2. The maximum absolute atomic E-state index is 11.8. The summed E-state index contributed by atoms with van der Waals surface area (Å²) in [7, 11) is -3.07. The van der Waals surface area contributed by atoms with Crippen LogP contribution in [0.3, 0.4) is 0 Å². The third-order valence-corrected chi connectivity index (χ3v) is 3.85. The lowest BCUT2D eigenvalue weighted by molar-refractivity contribution is 0.0955. The normalized spacial score (nSPS) is 11.1. The van der Waals surface area contributed by atoms with Crippen molar-refractivity contribution in [2.24, 2.45) is 0 Å². The van der Waals surface area contributed by atoms with Crippen molar-refractivity contribution in [3.8, 4) is 5.75 Å². The van der Waals surface area contributed by atoms with Gasteiger partial charge in [0.1, 0.15) is 15.6 Å². The van der Waals surface area contributed by atoms with E-state index in [1.165, 1.54) is 0 Å². The van der Waals surface area contributed by atoms with E-state index in [9.17, 15) is 13.2 Å². The molecule has 0 aliphatic heterocycles. The Bertz CT molecular complexity index is 557. The molecule has 1 aromatic rings. The average molecular weight is 350 g/mol. The van der Waals surface area contributed by atoms with Crippen LogP contribution in [0, 0.1) is 0 Å². The molecular formula is C12H16BrNO4S. The maximum atomic E-state index is 11.8. The molecule has 0 radical (unpaired) electrons. The number of rotatable bonds is 6. The summed E-state index contributed by atoms with van der Waals surface area (Å²) in [6, 6.07) is 4.97. The van der Waals surface area contributed by atoms with Gasteiger partial charge in [0.25, 0.3) is 5.91 Å². The highest BCUT2D eigenvalue weighted by molar-refractivity contribution is 9.10. The molecule has 0 spiro atoms. The molecule has 0 atom stereocenters. The van der Waals surface area contributed by atoms with E-state index in [1.54, 1.807) is 18.2 Å². The van der Waals surface area contributed by atoms with Gasteiger partial charge in [-0.2, -0.15) is 0 Å². The number of halogens is 1. The second-order valence-electron chi connectivity index (χ2n) is 3.96. The van der Waals surface area contributed by atoms with Crippen molar-refractivity contribution < 1.29 is 17.9 Å². The molecule has 0 aliphatic carbocycles. The Hall–Kier alpha value is -1.08. The first-order valence-electron chi connectivity index (χ1n) is 5.71. The van der Waals surface area contributed by atoms with Crippen molar-refractivity contribution in [1.29, 1.82) is 0 Å². The van der Waals surface area contributed by atoms with Crippen LogP contribution in [-0.4, -0.2) is 39.5 Å². The summed E-state index contributed by atoms with van der Waals surface area (Å²) in [5.41, 5.74) is 0.431. The van der Waals surface area contributed by atoms with Crippen molar-refractivity contribution in [3.05, 3.63) is 28.2 Å². The molecule has 0 unspecified atom stereocenters. The summed E-state index contributed by atoms with van der Waals surface area (Å²) in [5.74, 6) is 0.184. The SMILES string of the molecule is CCOc1cc(C(=O)NCCS(C)(=O)=O)ccc1Br. The maximum Gasteiger partial charge on any atom is 0.251 e. The van der Waals surface area contributed by atoms with Crippen molar-refractivity contribution in [1.82, 2.24) is 5.32 Å². The number of ether oxygens (including phenoxy) is 1. The first kappa shape index (κ1) is 16.0. The van der Waals surface area contributed by atoms with Gasteiger partial charge in [-0.15, -0.1) is 0 Å². The number of amides is 1. The van der Waals surface area contributed by atoms with Crippen LogP contribution in [0.15, 0.2) is 22.7 Å². The van der Waals surface area contributed by atoms with Gasteiger partial charge >= 0.3 is 0 Å². The van der Waals surface area contributed by atoms with E-state index in [2.05, 4.69) is 21.2 Å². The molecule has 7 heteroatoms. The molecule has 1 aromatic carbocycles. The molecule has 0 saturated heterocycles. The second-order valence-corrected chi connectivity index (χ2v) is 7.08. The summed E-state index contributed by atoms with van der Waals surface area (Å²) in [5, 5.41) is 2.56. The number of sulfone groups is 1. The Kier molecular flexibility index (Phi) is 5.81. The largest absolute Gasteiger partial charge is 0.493 e. The minimum Gasteiger partial charge on any atom is -0.493 e. The molecule has 106 valence electrons. The Balaban J connectivity index is 2.69. The van der Waals surface area contributed by atoms with Crippen LogP contribution >= 0.6 is 15.9 Å². The second kappa shape index (κ2) is 6.91. The quantitative estimate of drug-likeness (QED) is 0.846. The van der Waals surface area contributed by atoms with Crippen molar-refractivity contribution in [2.75, 3.05) is 25.2 Å². The third-order valence-electron chi connectivity index (χ3n) is 2.25. The number of carbonyl (C=O) groups is 1. The van der Waals surface area contributed by atoms with Gasteiger partial charge in [0, 0.05) is 18.4 Å². The highest BCUT2D eigenvalue weighted by atomic mass is 79.9. The number of hydrogen-bond donors (Lipinski definition) is 1. The molecule has 0 heterocycles. The summed E-state index contributed by atoms with van der Waals surface area (Å²) < 4.78 is 28.0. The topological polar surface area (TPSA) is 72.5 Å². The fourth-order valence-electron chi connectivity index (χ4n) is 1.36. The fourth-order valence-corrected chi connectivity index (χ4v) is 2.20. The molecule has 0 aliphatic rings. The first-order chi connectivity index (χ1) is 8.83. The molecule has 1 N–H and O–H groups in total. The molecule has 0 fully saturated rings. The Morgan fingerprint density at radius 3 is 2.68 bits per heavy atom.